The van der Waals surface area contributed by atoms with E-state index in [1.54, 1.807) is 31.2 Å². The van der Waals surface area contributed by atoms with Crippen LogP contribution in [0.15, 0.2) is 47.6 Å². The Hall–Kier alpha value is -2.58. The van der Waals surface area contributed by atoms with E-state index in [-0.39, 0.29) is 23.6 Å². The molecule has 0 fully saturated rings. The highest BCUT2D eigenvalue weighted by molar-refractivity contribution is 7.99. The normalized spacial score (nSPS) is 11.9. The third kappa shape index (κ3) is 5.12. The first-order chi connectivity index (χ1) is 14.4. The van der Waals surface area contributed by atoms with Gasteiger partial charge in [0.1, 0.15) is 11.6 Å². The van der Waals surface area contributed by atoms with Crippen LogP contribution in [0.4, 0.5) is 10.1 Å². The maximum Gasteiger partial charge on any atom is 0.234 e. The zero-order valence-corrected chi connectivity index (χ0v) is 18.4. The summed E-state index contributed by atoms with van der Waals surface area (Å²) in [6.45, 7) is 6.08. The fourth-order valence-corrected chi connectivity index (χ4v) is 3.84. The average molecular weight is 449 g/mol. The van der Waals surface area contributed by atoms with Crippen molar-refractivity contribution in [1.29, 1.82) is 0 Å². The summed E-state index contributed by atoms with van der Waals surface area (Å²) in [5, 5.41) is 12.3. The highest BCUT2D eigenvalue weighted by Gasteiger charge is 2.20. The molecule has 0 unspecified atom stereocenters. The number of rotatable bonds is 8. The van der Waals surface area contributed by atoms with E-state index in [2.05, 4.69) is 15.5 Å². The first-order valence-corrected chi connectivity index (χ1v) is 10.8. The lowest BCUT2D eigenvalue weighted by Gasteiger charge is -2.16. The van der Waals surface area contributed by atoms with Crippen molar-refractivity contribution in [2.75, 3.05) is 11.1 Å². The van der Waals surface area contributed by atoms with Crippen LogP contribution < -0.4 is 10.1 Å². The van der Waals surface area contributed by atoms with Crippen LogP contribution in [0.3, 0.4) is 0 Å². The molecule has 1 heterocycles. The number of nitrogens with one attached hydrogen (secondary N) is 1. The third-order valence-corrected chi connectivity index (χ3v) is 5.72. The second kappa shape index (κ2) is 9.95. The zero-order chi connectivity index (χ0) is 21.7. The maximum atomic E-state index is 13.6. The second-order valence-corrected chi connectivity index (χ2v) is 7.87. The number of para-hydroxylation sites is 1. The van der Waals surface area contributed by atoms with Gasteiger partial charge in [-0.05, 0) is 45.0 Å². The molecule has 0 aliphatic heterocycles. The highest BCUT2D eigenvalue weighted by atomic mass is 35.5. The molecule has 0 aliphatic carbocycles. The SMILES string of the molecule is CCn1c(SCC(=O)Nc2cccc(F)c2C)nnc1[C@@H](C)Oc1ccccc1Cl. The zero-order valence-electron chi connectivity index (χ0n) is 16.9. The van der Waals surface area contributed by atoms with Crippen molar-refractivity contribution in [2.45, 2.75) is 38.6 Å². The molecule has 3 rings (SSSR count). The van der Waals surface area contributed by atoms with Gasteiger partial charge >= 0.3 is 0 Å². The van der Waals surface area contributed by atoms with E-state index in [1.807, 2.05) is 30.5 Å². The fourth-order valence-electron chi connectivity index (χ4n) is 2.85. The van der Waals surface area contributed by atoms with E-state index in [1.165, 1.54) is 17.8 Å². The topological polar surface area (TPSA) is 69.0 Å². The summed E-state index contributed by atoms with van der Waals surface area (Å²) in [6, 6.07) is 11.8. The lowest BCUT2D eigenvalue weighted by molar-refractivity contribution is -0.113. The summed E-state index contributed by atoms with van der Waals surface area (Å²) in [7, 11) is 0. The standard InChI is InChI=1S/C21H22ClFN4O2S/c1-4-27-20(14(3)29-18-11-6-5-8-15(18)22)25-26-21(27)30-12-19(28)24-17-10-7-9-16(23)13(17)2/h5-11,14H,4,12H2,1-3H3,(H,24,28)/t14-/m1/s1. The molecule has 0 saturated carbocycles. The minimum atomic E-state index is -0.379. The van der Waals surface area contributed by atoms with Crippen molar-refractivity contribution in [1.82, 2.24) is 14.8 Å². The predicted molar refractivity (Wildman–Crippen MR) is 117 cm³/mol. The summed E-state index contributed by atoms with van der Waals surface area (Å²) in [5.41, 5.74) is 0.861. The Morgan fingerprint density at radius 1 is 1.27 bits per heavy atom. The predicted octanol–water partition coefficient (Wildman–Crippen LogP) is 5.27. The van der Waals surface area contributed by atoms with Crippen molar-refractivity contribution in [2.24, 2.45) is 0 Å². The number of hydrogen-bond acceptors (Lipinski definition) is 5. The molecule has 30 heavy (non-hydrogen) atoms. The van der Waals surface area contributed by atoms with Gasteiger partial charge in [0.05, 0.1) is 10.8 Å². The Kier molecular flexibility index (Phi) is 7.33. The van der Waals surface area contributed by atoms with Crippen molar-refractivity contribution in [3.8, 4) is 5.75 Å². The van der Waals surface area contributed by atoms with Crippen molar-refractivity contribution in [3.05, 3.63) is 64.7 Å². The number of aromatic nitrogens is 3. The van der Waals surface area contributed by atoms with Crippen LogP contribution in [0.2, 0.25) is 5.02 Å². The average Bonchev–Trinajstić information content (AvgIpc) is 3.14. The summed E-state index contributed by atoms with van der Waals surface area (Å²) >= 11 is 7.43. The number of carbonyl (C=O) groups excluding carboxylic acids is 1. The number of halogens is 2. The van der Waals surface area contributed by atoms with E-state index in [0.717, 1.165) is 0 Å². The largest absolute Gasteiger partial charge is 0.481 e. The van der Waals surface area contributed by atoms with Crippen LogP contribution in [-0.4, -0.2) is 26.4 Å². The molecule has 3 aromatic rings. The Bertz CT molecular complexity index is 1040. The molecular weight excluding hydrogens is 427 g/mol. The van der Waals surface area contributed by atoms with Gasteiger partial charge in [0.2, 0.25) is 5.91 Å². The molecule has 0 saturated heterocycles. The monoisotopic (exact) mass is 448 g/mol. The molecule has 6 nitrogen and oxygen atoms in total. The molecule has 158 valence electrons. The van der Waals surface area contributed by atoms with Crippen LogP contribution >= 0.6 is 23.4 Å². The molecule has 1 amide bonds. The molecule has 1 aromatic heterocycles. The van der Waals surface area contributed by atoms with Crippen LogP contribution in [-0.2, 0) is 11.3 Å². The van der Waals surface area contributed by atoms with Gasteiger partial charge in [0.25, 0.3) is 0 Å². The van der Waals surface area contributed by atoms with Crippen LogP contribution in [0.5, 0.6) is 5.75 Å². The van der Waals surface area contributed by atoms with Crippen molar-refractivity contribution in [3.63, 3.8) is 0 Å². The molecule has 1 atom stereocenters. The third-order valence-electron chi connectivity index (χ3n) is 4.44. The van der Waals surface area contributed by atoms with Gasteiger partial charge in [-0.2, -0.15) is 0 Å². The Morgan fingerprint density at radius 3 is 2.77 bits per heavy atom. The quantitative estimate of drug-likeness (QED) is 0.475. The molecule has 0 spiro atoms. The van der Waals surface area contributed by atoms with E-state index < -0.39 is 0 Å². The summed E-state index contributed by atoms with van der Waals surface area (Å²) in [6.07, 6.45) is -0.379. The van der Waals surface area contributed by atoms with Crippen molar-refractivity contribution >= 4 is 35.0 Å². The molecule has 2 aromatic carbocycles. The number of amides is 1. The molecule has 1 N–H and O–H groups in total. The van der Waals surface area contributed by atoms with Gasteiger partial charge < -0.3 is 14.6 Å². The number of nitrogens with zero attached hydrogens (tertiary/aromatic N) is 3. The molecular formula is C21H22ClFN4O2S. The van der Waals surface area contributed by atoms with Gasteiger partial charge in [-0.15, -0.1) is 10.2 Å². The Labute approximate surface area is 183 Å². The number of ether oxygens (including phenoxy) is 1. The Morgan fingerprint density at radius 2 is 2.03 bits per heavy atom. The number of benzene rings is 2. The summed E-state index contributed by atoms with van der Waals surface area (Å²) in [5.74, 6) is 0.718. The second-order valence-electron chi connectivity index (χ2n) is 6.52. The smallest absolute Gasteiger partial charge is 0.234 e. The minimum absolute atomic E-state index is 0.119. The van der Waals surface area contributed by atoms with E-state index in [9.17, 15) is 9.18 Å². The minimum Gasteiger partial charge on any atom is -0.481 e. The van der Waals surface area contributed by atoms with Crippen molar-refractivity contribution < 1.29 is 13.9 Å². The van der Waals surface area contributed by atoms with Gasteiger partial charge in [0.15, 0.2) is 17.1 Å². The van der Waals surface area contributed by atoms with E-state index in [0.29, 0.717) is 39.5 Å². The van der Waals surface area contributed by atoms with Gasteiger partial charge in [-0.1, -0.05) is 41.6 Å². The molecule has 0 aliphatic rings. The number of carbonyl (C=O) groups is 1. The molecule has 0 radical (unpaired) electrons. The highest BCUT2D eigenvalue weighted by Crippen LogP contribution is 2.29. The first kappa shape index (κ1) is 22.1. The summed E-state index contributed by atoms with van der Waals surface area (Å²) < 4.78 is 21.5. The number of thioether (sulfide) groups is 1. The Balaban J connectivity index is 1.66. The summed E-state index contributed by atoms with van der Waals surface area (Å²) in [4.78, 5) is 12.3. The van der Waals surface area contributed by atoms with Crippen LogP contribution in [0.1, 0.15) is 31.3 Å². The van der Waals surface area contributed by atoms with Gasteiger partial charge in [-0.3, -0.25) is 4.79 Å². The van der Waals surface area contributed by atoms with Gasteiger partial charge in [-0.25, -0.2) is 4.39 Å². The maximum absolute atomic E-state index is 13.6. The van der Waals surface area contributed by atoms with E-state index in [4.69, 9.17) is 16.3 Å². The lowest BCUT2D eigenvalue weighted by atomic mass is 10.2. The van der Waals surface area contributed by atoms with Crippen LogP contribution in [0.25, 0.3) is 0 Å². The van der Waals surface area contributed by atoms with Crippen LogP contribution in [0, 0.1) is 12.7 Å². The first-order valence-electron chi connectivity index (χ1n) is 9.42. The lowest BCUT2D eigenvalue weighted by Crippen LogP contribution is -2.16. The number of hydrogen-bond donors (Lipinski definition) is 1. The fraction of sp³-hybridized carbons (Fsp3) is 0.286. The molecule has 0 bridgehead atoms. The molecule has 9 heteroatoms. The van der Waals surface area contributed by atoms with E-state index >= 15 is 0 Å². The number of anilines is 1. The van der Waals surface area contributed by atoms with Gasteiger partial charge in [0, 0.05) is 17.8 Å².